The third kappa shape index (κ3) is 3.49. The Bertz CT molecular complexity index is 569. The normalized spacial score (nSPS) is 12.7. The van der Waals surface area contributed by atoms with E-state index in [1.807, 2.05) is 0 Å². The number of nitrogens with two attached hydrogens (primary N) is 1. The van der Waals surface area contributed by atoms with E-state index in [0.717, 1.165) is 12.1 Å². The molecule has 0 fully saturated rings. The van der Waals surface area contributed by atoms with Gasteiger partial charge in [-0.15, -0.1) is 12.4 Å². The van der Waals surface area contributed by atoms with E-state index in [4.69, 9.17) is 5.73 Å². The molecule has 0 amide bonds. The lowest BCUT2D eigenvalue weighted by Crippen LogP contribution is -2.15. The van der Waals surface area contributed by atoms with Crippen molar-refractivity contribution in [3.05, 3.63) is 71.0 Å². The van der Waals surface area contributed by atoms with Crippen LogP contribution in [-0.4, -0.2) is 0 Å². The van der Waals surface area contributed by atoms with Crippen LogP contribution in [0.4, 0.5) is 17.6 Å². The molecule has 2 rings (SSSR count). The fraction of sp³-hybridized carbons (Fsp3) is 0.143. The van der Waals surface area contributed by atoms with Gasteiger partial charge in [0.2, 0.25) is 0 Å². The molecule has 108 valence electrons. The van der Waals surface area contributed by atoms with Crippen molar-refractivity contribution in [1.82, 2.24) is 0 Å². The Morgan fingerprint density at radius 3 is 2.10 bits per heavy atom. The highest BCUT2D eigenvalue weighted by Crippen LogP contribution is 2.32. The van der Waals surface area contributed by atoms with Crippen molar-refractivity contribution in [3.8, 4) is 0 Å². The molecule has 2 N–H and O–H groups in total. The summed E-state index contributed by atoms with van der Waals surface area (Å²) in [4.78, 5) is 0. The molecule has 1 nitrogen and oxygen atoms in total. The molecule has 6 heteroatoms. The summed E-state index contributed by atoms with van der Waals surface area (Å²) in [6.45, 7) is 0. The molecule has 1 atom stereocenters. The first-order chi connectivity index (χ1) is 8.89. The van der Waals surface area contributed by atoms with Crippen LogP contribution in [-0.2, 0) is 6.18 Å². The third-order valence-corrected chi connectivity index (χ3v) is 2.82. The van der Waals surface area contributed by atoms with Crippen LogP contribution in [0.15, 0.2) is 48.5 Å². The number of hydrogen-bond donors (Lipinski definition) is 1. The highest BCUT2D eigenvalue weighted by Gasteiger charge is 2.31. The van der Waals surface area contributed by atoms with Crippen LogP contribution in [0.2, 0.25) is 0 Å². The van der Waals surface area contributed by atoms with E-state index in [-0.39, 0.29) is 18.0 Å². The summed E-state index contributed by atoms with van der Waals surface area (Å²) in [5, 5.41) is 0. The van der Waals surface area contributed by atoms with Gasteiger partial charge < -0.3 is 5.73 Å². The summed E-state index contributed by atoms with van der Waals surface area (Å²) in [6, 6.07) is 9.75. The van der Waals surface area contributed by atoms with Gasteiger partial charge in [0.15, 0.2) is 0 Å². The quantitative estimate of drug-likeness (QED) is 0.822. The highest BCUT2D eigenvalue weighted by atomic mass is 35.5. The molecule has 0 aromatic heterocycles. The summed E-state index contributed by atoms with van der Waals surface area (Å²) in [5.41, 5.74) is 5.31. The van der Waals surface area contributed by atoms with Gasteiger partial charge in [0.1, 0.15) is 5.82 Å². The van der Waals surface area contributed by atoms with Crippen molar-refractivity contribution in [3.63, 3.8) is 0 Å². The Morgan fingerprint density at radius 1 is 0.950 bits per heavy atom. The standard InChI is InChI=1S/C14H11F4N.ClH/c15-12-7-6-10(14(16,17)18)8-11(12)13(19)9-4-2-1-3-5-9;/h1-8,13H,19H2;1H. The second-order valence-corrected chi connectivity index (χ2v) is 4.12. The van der Waals surface area contributed by atoms with E-state index >= 15 is 0 Å². The van der Waals surface area contributed by atoms with Gasteiger partial charge in [0, 0.05) is 5.56 Å². The van der Waals surface area contributed by atoms with Gasteiger partial charge in [0.25, 0.3) is 0 Å². The van der Waals surface area contributed by atoms with E-state index in [9.17, 15) is 17.6 Å². The maximum atomic E-state index is 13.6. The van der Waals surface area contributed by atoms with Crippen molar-refractivity contribution < 1.29 is 17.6 Å². The SMILES string of the molecule is Cl.NC(c1ccccc1)c1cc(C(F)(F)F)ccc1F. The van der Waals surface area contributed by atoms with Crippen LogP contribution >= 0.6 is 12.4 Å². The molecule has 20 heavy (non-hydrogen) atoms. The van der Waals surface area contributed by atoms with Gasteiger partial charge in [-0.25, -0.2) is 4.39 Å². The summed E-state index contributed by atoms with van der Waals surface area (Å²) in [5.74, 6) is -0.746. The minimum Gasteiger partial charge on any atom is -0.320 e. The monoisotopic (exact) mass is 305 g/mol. The summed E-state index contributed by atoms with van der Waals surface area (Å²) < 4.78 is 51.5. The topological polar surface area (TPSA) is 26.0 Å². The van der Waals surface area contributed by atoms with E-state index in [0.29, 0.717) is 11.6 Å². The van der Waals surface area contributed by atoms with Crippen LogP contribution in [0, 0.1) is 5.82 Å². The molecule has 1 unspecified atom stereocenters. The number of benzene rings is 2. The van der Waals surface area contributed by atoms with Crippen molar-refractivity contribution in [2.24, 2.45) is 5.73 Å². The fourth-order valence-electron chi connectivity index (χ4n) is 1.80. The van der Waals surface area contributed by atoms with E-state index in [1.165, 1.54) is 0 Å². The molecule has 0 radical (unpaired) electrons. The summed E-state index contributed by atoms with van der Waals surface area (Å²) in [6.07, 6.45) is -4.52. The molecule has 0 aliphatic heterocycles. The van der Waals surface area contributed by atoms with Gasteiger partial charge in [-0.05, 0) is 23.8 Å². The molecule has 0 heterocycles. The zero-order valence-corrected chi connectivity index (χ0v) is 11.0. The van der Waals surface area contributed by atoms with Crippen molar-refractivity contribution in [2.45, 2.75) is 12.2 Å². The first-order valence-corrected chi connectivity index (χ1v) is 5.57. The second-order valence-electron chi connectivity index (χ2n) is 4.12. The minimum atomic E-state index is -4.52. The molecule has 2 aromatic carbocycles. The zero-order valence-electron chi connectivity index (χ0n) is 10.2. The lowest BCUT2D eigenvalue weighted by atomic mass is 9.97. The van der Waals surface area contributed by atoms with Crippen LogP contribution in [0.3, 0.4) is 0 Å². The molecule has 0 aliphatic carbocycles. The molecule has 0 bridgehead atoms. The third-order valence-electron chi connectivity index (χ3n) is 2.82. The predicted octanol–water partition coefficient (Wildman–Crippen LogP) is 4.31. The molecule has 0 saturated carbocycles. The maximum absolute atomic E-state index is 13.6. The fourth-order valence-corrected chi connectivity index (χ4v) is 1.80. The Hall–Kier alpha value is -1.59. The van der Waals surface area contributed by atoms with Gasteiger partial charge in [-0.3, -0.25) is 0 Å². The summed E-state index contributed by atoms with van der Waals surface area (Å²) >= 11 is 0. The Morgan fingerprint density at radius 2 is 1.55 bits per heavy atom. The van der Waals surface area contributed by atoms with Gasteiger partial charge in [-0.2, -0.15) is 13.2 Å². The number of rotatable bonds is 2. The van der Waals surface area contributed by atoms with Gasteiger partial charge in [-0.1, -0.05) is 30.3 Å². The maximum Gasteiger partial charge on any atom is 0.416 e. The van der Waals surface area contributed by atoms with E-state index < -0.39 is 23.6 Å². The average Bonchev–Trinajstić information content (AvgIpc) is 2.38. The Labute approximate surface area is 119 Å². The van der Waals surface area contributed by atoms with Crippen molar-refractivity contribution in [1.29, 1.82) is 0 Å². The second kappa shape index (κ2) is 6.24. The lowest BCUT2D eigenvalue weighted by Gasteiger charge is -2.15. The van der Waals surface area contributed by atoms with Crippen molar-refractivity contribution in [2.75, 3.05) is 0 Å². The first kappa shape index (κ1) is 16.5. The number of hydrogen-bond acceptors (Lipinski definition) is 1. The summed E-state index contributed by atoms with van der Waals surface area (Å²) in [7, 11) is 0. The van der Waals surface area contributed by atoms with Gasteiger partial charge >= 0.3 is 6.18 Å². The molecular weight excluding hydrogens is 294 g/mol. The van der Waals surface area contributed by atoms with Crippen LogP contribution < -0.4 is 5.73 Å². The van der Waals surface area contributed by atoms with E-state index in [2.05, 4.69) is 0 Å². The van der Waals surface area contributed by atoms with Gasteiger partial charge in [0.05, 0.1) is 11.6 Å². The predicted molar refractivity (Wildman–Crippen MR) is 71.1 cm³/mol. The smallest absolute Gasteiger partial charge is 0.320 e. The van der Waals surface area contributed by atoms with Crippen LogP contribution in [0.1, 0.15) is 22.7 Å². The Kier molecular flexibility index (Phi) is 5.14. The molecular formula is C14H12ClF4N. The molecule has 0 saturated heterocycles. The minimum absolute atomic E-state index is 0. The first-order valence-electron chi connectivity index (χ1n) is 5.57. The van der Waals surface area contributed by atoms with Crippen LogP contribution in [0.5, 0.6) is 0 Å². The zero-order chi connectivity index (χ0) is 14.0. The lowest BCUT2D eigenvalue weighted by molar-refractivity contribution is -0.137. The molecule has 0 aliphatic rings. The van der Waals surface area contributed by atoms with Crippen molar-refractivity contribution >= 4 is 12.4 Å². The number of alkyl halides is 3. The largest absolute Gasteiger partial charge is 0.416 e. The number of halogens is 5. The van der Waals surface area contributed by atoms with E-state index in [1.54, 1.807) is 30.3 Å². The molecule has 0 spiro atoms. The highest BCUT2D eigenvalue weighted by molar-refractivity contribution is 5.85. The molecule has 2 aromatic rings. The Balaban J connectivity index is 0.00000200. The average molecular weight is 306 g/mol. The van der Waals surface area contributed by atoms with Crippen LogP contribution in [0.25, 0.3) is 0 Å².